The van der Waals surface area contributed by atoms with Crippen molar-refractivity contribution in [1.29, 1.82) is 0 Å². The van der Waals surface area contributed by atoms with E-state index in [2.05, 4.69) is 102 Å². The van der Waals surface area contributed by atoms with Crippen LogP contribution in [0.2, 0.25) is 0 Å². The molecule has 0 fully saturated rings. The van der Waals surface area contributed by atoms with E-state index in [0.29, 0.717) is 0 Å². The van der Waals surface area contributed by atoms with Crippen LogP contribution in [0.4, 0.5) is 0 Å². The van der Waals surface area contributed by atoms with Crippen LogP contribution in [-0.4, -0.2) is 4.40 Å². The van der Waals surface area contributed by atoms with Gasteiger partial charge >= 0.3 is 0 Å². The van der Waals surface area contributed by atoms with Gasteiger partial charge in [0.1, 0.15) is 11.2 Å². The summed E-state index contributed by atoms with van der Waals surface area (Å²) in [5.41, 5.74) is 4.41. The quantitative estimate of drug-likeness (QED) is 0.205. The van der Waals surface area contributed by atoms with Gasteiger partial charge < -0.3 is 8.82 Å². The molecular weight excluding hydrogens is 446 g/mol. The molecule has 0 aliphatic rings. The van der Waals surface area contributed by atoms with Crippen LogP contribution in [0, 0.1) is 0 Å². The second-order valence-corrected chi connectivity index (χ2v) is 10.4. The molecule has 3 heteroatoms. The number of nitrogens with zero attached hydrogens (tertiary/aromatic N) is 1. The van der Waals surface area contributed by atoms with Crippen LogP contribution < -0.4 is 0 Å². The molecule has 0 spiro atoms. The van der Waals surface area contributed by atoms with Crippen molar-refractivity contribution in [2.24, 2.45) is 0 Å². The van der Waals surface area contributed by atoms with Gasteiger partial charge in [0.2, 0.25) is 0 Å². The molecule has 0 aliphatic heterocycles. The van der Waals surface area contributed by atoms with Crippen LogP contribution >= 0.6 is 11.3 Å². The lowest BCUT2D eigenvalue weighted by Crippen LogP contribution is -1.91. The number of hydrogen-bond donors (Lipinski definition) is 0. The summed E-state index contributed by atoms with van der Waals surface area (Å²) in [6, 6.07) is 35.0. The summed E-state index contributed by atoms with van der Waals surface area (Å²) < 4.78 is 11.4. The van der Waals surface area contributed by atoms with E-state index in [4.69, 9.17) is 4.42 Å². The lowest BCUT2D eigenvalue weighted by molar-refractivity contribution is 0.669. The number of rotatable bonds is 0. The first kappa shape index (κ1) is 18.0. The summed E-state index contributed by atoms with van der Waals surface area (Å²) in [4.78, 5) is 0. The van der Waals surface area contributed by atoms with E-state index in [0.717, 1.165) is 16.6 Å². The molecule has 9 rings (SSSR count). The third-order valence-electron chi connectivity index (χ3n) is 7.54. The third kappa shape index (κ3) is 2.20. The molecule has 0 aliphatic carbocycles. The van der Waals surface area contributed by atoms with E-state index in [1.807, 2.05) is 17.4 Å². The monoisotopic (exact) mass is 463 g/mol. The van der Waals surface area contributed by atoms with Crippen molar-refractivity contribution in [2.45, 2.75) is 0 Å². The summed E-state index contributed by atoms with van der Waals surface area (Å²) in [6.45, 7) is 0. The van der Waals surface area contributed by atoms with Gasteiger partial charge in [-0.3, -0.25) is 0 Å². The van der Waals surface area contributed by atoms with Crippen molar-refractivity contribution in [2.75, 3.05) is 0 Å². The maximum atomic E-state index is 6.33. The minimum Gasteiger partial charge on any atom is -0.456 e. The Morgan fingerprint density at radius 3 is 2.26 bits per heavy atom. The fourth-order valence-electron chi connectivity index (χ4n) is 6.07. The lowest BCUT2D eigenvalue weighted by atomic mass is 9.99. The Bertz CT molecular complexity index is 2330. The number of pyridine rings is 1. The van der Waals surface area contributed by atoms with Crippen LogP contribution in [0.5, 0.6) is 0 Å². The van der Waals surface area contributed by atoms with Crippen LogP contribution in [0.3, 0.4) is 0 Å². The van der Waals surface area contributed by atoms with Crippen molar-refractivity contribution < 1.29 is 4.42 Å². The van der Waals surface area contributed by atoms with Gasteiger partial charge in [-0.2, -0.15) is 0 Å². The maximum absolute atomic E-state index is 6.33. The maximum Gasteiger partial charge on any atom is 0.136 e. The van der Waals surface area contributed by atoms with E-state index >= 15 is 0 Å². The smallest absolute Gasteiger partial charge is 0.136 e. The van der Waals surface area contributed by atoms with Crippen LogP contribution in [0.1, 0.15) is 0 Å². The van der Waals surface area contributed by atoms with Gasteiger partial charge in [-0.25, -0.2) is 0 Å². The Morgan fingerprint density at radius 2 is 1.31 bits per heavy atom. The highest BCUT2D eigenvalue weighted by Gasteiger charge is 2.19. The molecule has 0 amide bonds. The Labute approximate surface area is 203 Å². The van der Waals surface area contributed by atoms with Crippen molar-refractivity contribution >= 4 is 91.4 Å². The molecule has 0 bridgehead atoms. The zero-order valence-corrected chi connectivity index (χ0v) is 19.4. The highest BCUT2D eigenvalue weighted by molar-refractivity contribution is 7.26. The van der Waals surface area contributed by atoms with Crippen LogP contribution in [0.15, 0.2) is 108 Å². The summed E-state index contributed by atoms with van der Waals surface area (Å²) in [7, 11) is 0. The van der Waals surface area contributed by atoms with Crippen LogP contribution in [-0.2, 0) is 0 Å². The molecule has 4 heterocycles. The number of furan rings is 1. The van der Waals surface area contributed by atoms with E-state index in [-0.39, 0.29) is 0 Å². The molecule has 0 atom stereocenters. The molecule has 5 aromatic carbocycles. The molecule has 0 N–H and O–H groups in total. The standard InChI is InChI=1S/C32H17NOS/c1-2-8-19-18(7-1)17-33-31(19)25-15-24-20-9-3-5-11-26(20)34-27(24)16-23(25)21-13-14-29-30(32(21)33)22-10-4-6-12-28(22)35-29/h1-17H. The van der Waals surface area contributed by atoms with Gasteiger partial charge in [-0.1, -0.05) is 66.7 Å². The molecule has 0 saturated heterocycles. The van der Waals surface area contributed by atoms with Gasteiger partial charge in [0.25, 0.3) is 0 Å². The Hall–Kier alpha value is -4.34. The van der Waals surface area contributed by atoms with Gasteiger partial charge in [0.15, 0.2) is 0 Å². The summed E-state index contributed by atoms with van der Waals surface area (Å²) in [5, 5.41) is 11.3. The topological polar surface area (TPSA) is 17.6 Å². The zero-order valence-electron chi connectivity index (χ0n) is 18.6. The van der Waals surface area contributed by atoms with Crippen molar-refractivity contribution in [3.8, 4) is 0 Å². The highest BCUT2D eigenvalue weighted by Crippen LogP contribution is 2.44. The highest BCUT2D eigenvalue weighted by atomic mass is 32.1. The van der Waals surface area contributed by atoms with Gasteiger partial charge in [0.05, 0.1) is 11.0 Å². The normalized spacial score (nSPS) is 12.6. The largest absolute Gasteiger partial charge is 0.456 e. The van der Waals surface area contributed by atoms with Gasteiger partial charge in [-0.05, 0) is 35.7 Å². The minimum atomic E-state index is 0.935. The molecule has 162 valence electrons. The first-order chi connectivity index (χ1) is 17.3. The number of hydrogen-bond acceptors (Lipinski definition) is 2. The summed E-state index contributed by atoms with van der Waals surface area (Å²) in [6.07, 6.45) is 2.32. The second kappa shape index (κ2) is 6.21. The predicted octanol–water partition coefficient (Wildman–Crippen LogP) is 9.67. The average Bonchev–Trinajstić information content (AvgIpc) is 3.58. The Balaban J connectivity index is 1.65. The molecule has 9 aromatic rings. The van der Waals surface area contributed by atoms with E-state index in [1.165, 1.54) is 63.5 Å². The SMILES string of the molecule is c1ccc2c(c1)cn1c2c2cc3c(cc2c2ccc4sc5ccccc5c4c21)oc1ccccc13. The average molecular weight is 464 g/mol. The fraction of sp³-hybridized carbons (Fsp3) is 0. The summed E-state index contributed by atoms with van der Waals surface area (Å²) >= 11 is 1.87. The number of thiophene rings is 1. The summed E-state index contributed by atoms with van der Waals surface area (Å²) in [5.74, 6) is 0. The Kier molecular flexibility index (Phi) is 3.20. The zero-order chi connectivity index (χ0) is 22.7. The number of aromatic nitrogens is 1. The van der Waals surface area contributed by atoms with Crippen molar-refractivity contribution in [3.63, 3.8) is 0 Å². The fourth-order valence-corrected chi connectivity index (χ4v) is 7.17. The van der Waals surface area contributed by atoms with Gasteiger partial charge in [-0.15, -0.1) is 11.3 Å². The number of fused-ring (bicyclic) bond motifs is 15. The molecule has 35 heavy (non-hydrogen) atoms. The number of para-hydroxylation sites is 1. The molecule has 0 saturated carbocycles. The molecule has 4 aromatic heterocycles. The van der Waals surface area contributed by atoms with E-state index in [9.17, 15) is 0 Å². The van der Waals surface area contributed by atoms with E-state index < -0.39 is 0 Å². The first-order valence-corrected chi connectivity index (χ1v) is 12.7. The second-order valence-electron chi connectivity index (χ2n) is 9.36. The third-order valence-corrected chi connectivity index (χ3v) is 8.68. The van der Waals surface area contributed by atoms with Crippen molar-refractivity contribution in [3.05, 3.63) is 103 Å². The number of benzene rings is 5. The first-order valence-electron chi connectivity index (χ1n) is 11.9. The lowest BCUT2D eigenvalue weighted by Gasteiger charge is -2.11. The molecular formula is C32H17NOS. The van der Waals surface area contributed by atoms with Crippen molar-refractivity contribution in [1.82, 2.24) is 4.40 Å². The van der Waals surface area contributed by atoms with Gasteiger partial charge in [0, 0.05) is 58.7 Å². The molecule has 0 radical (unpaired) electrons. The molecule has 0 unspecified atom stereocenters. The Morgan fingerprint density at radius 1 is 0.514 bits per heavy atom. The van der Waals surface area contributed by atoms with E-state index in [1.54, 1.807) is 0 Å². The van der Waals surface area contributed by atoms with Crippen LogP contribution in [0.25, 0.3) is 80.1 Å². The minimum absolute atomic E-state index is 0.935. The molecule has 2 nitrogen and oxygen atoms in total. The predicted molar refractivity (Wildman–Crippen MR) is 150 cm³/mol.